The van der Waals surface area contributed by atoms with Gasteiger partial charge < -0.3 is 10.1 Å². The predicted octanol–water partition coefficient (Wildman–Crippen LogP) is 3.31. The molecule has 1 atom stereocenters. The third-order valence-corrected chi connectivity index (χ3v) is 3.08. The fourth-order valence-electron chi connectivity index (χ4n) is 2.11. The number of nitrogens with one attached hydrogen (secondary N) is 1. The first-order valence-corrected chi connectivity index (χ1v) is 6.82. The zero-order chi connectivity index (χ0) is 14.0. The summed E-state index contributed by atoms with van der Waals surface area (Å²) in [4.78, 5) is 4.08. The summed E-state index contributed by atoms with van der Waals surface area (Å²) in [5.74, 6) is 0. The summed E-state index contributed by atoms with van der Waals surface area (Å²) in [5, 5.41) is 3.57. The zero-order valence-corrected chi connectivity index (χ0v) is 11.5. The molecule has 1 aromatic heterocycles. The third-order valence-electron chi connectivity index (χ3n) is 3.08. The molecule has 0 saturated carbocycles. The molecule has 1 heterocycles. The molecular formula is C17H20N2O. The molecule has 1 aromatic carbocycles. The van der Waals surface area contributed by atoms with Crippen molar-refractivity contribution in [3.8, 4) is 0 Å². The van der Waals surface area contributed by atoms with Gasteiger partial charge in [0.2, 0.25) is 0 Å². The third kappa shape index (κ3) is 4.21. The number of pyridine rings is 1. The molecule has 0 aliphatic rings. The van der Waals surface area contributed by atoms with Crippen LogP contribution >= 0.6 is 0 Å². The lowest BCUT2D eigenvalue weighted by Gasteiger charge is -2.19. The second kappa shape index (κ2) is 8.12. The fraction of sp³-hybridized carbons (Fsp3) is 0.235. The van der Waals surface area contributed by atoms with E-state index in [2.05, 4.69) is 41.1 Å². The molecule has 0 bridgehead atoms. The standard InChI is InChI=1S/C17H20N2O/c1-2-20-14-6-11-19-17(15-7-4-3-5-8-15)16-9-12-18-13-10-16/h2-5,7-10,12-13,17,19H,1,6,11,14H2. The molecule has 0 amide bonds. The highest BCUT2D eigenvalue weighted by Crippen LogP contribution is 2.21. The second-order valence-electron chi connectivity index (χ2n) is 4.47. The van der Waals surface area contributed by atoms with Crippen molar-refractivity contribution in [3.63, 3.8) is 0 Å². The Labute approximate surface area is 120 Å². The van der Waals surface area contributed by atoms with E-state index in [0.29, 0.717) is 6.61 Å². The summed E-state index contributed by atoms with van der Waals surface area (Å²) in [7, 11) is 0. The Kier molecular flexibility index (Phi) is 5.80. The highest BCUT2D eigenvalue weighted by Gasteiger charge is 2.12. The first-order chi connectivity index (χ1) is 9.92. The van der Waals surface area contributed by atoms with Crippen molar-refractivity contribution >= 4 is 0 Å². The van der Waals surface area contributed by atoms with Gasteiger partial charge in [-0.3, -0.25) is 4.98 Å². The molecule has 0 spiro atoms. The molecule has 0 radical (unpaired) electrons. The predicted molar refractivity (Wildman–Crippen MR) is 81.3 cm³/mol. The van der Waals surface area contributed by atoms with E-state index >= 15 is 0 Å². The van der Waals surface area contributed by atoms with Gasteiger partial charge in [-0.15, -0.1) is 0 Å². The molecule has 1 unspecified atom stereocenters. The Morgan fingerprint density at radius 1 is 1.10 bits per heavy atom. The van der Waals surface area contributed by atoms with Gasteiger partial charge in [0.05, 0.1) is 18.9 Å². The van der Waals surface area contributed by atoms with Crippen LogP contribution in [0.2, 0.25) is 0 Å². The average Bonchev–Trinajstić information content (AvgIpc) is 2.53. The van der Waals surface area contributed by atoms with Crippen molar-refractivity contribution < 1.29 is 4.74 Å². The quantitative estimate of drug-likeness (QED) is 0.589. The normalized spacial score (nSPS) is 11.8. The molecular weight excluding hydrogens is 248 g/mol. The van der Waals surface area contributed by atoms with Crippen molar-refractivity contribution in [2.75, 3.05) is 13.2 Å². The molecule has 2 rings (SSSR count). The smallest absolute Gasteiger partial charge is 0.0885 e. The van der Waals surface area contributed by atoms with Crippen LogP contribution in [0.5, 0.6) is 0 Å². The summed E-state index contributed by atoms with van der Waals surface area (Å²) in [6.07, 6.45) is 6.08. The van der Waals surface area contributed by atoms with Crippen LogP contribution in [-0.4, -0.2) is 18.1 Å². The van der Waals surface area contributed by atoms with Crippen LogP contribution in [0, 0.1) is 0 Å². The second-order valence-corrected chi connectivity index (χ2v) is 4.47. The lowest BCUT2D eigenvalue weighted by atomic mass is 9.99. The Balaban J connectivity index is 2.03. The van der Waals surface area contributed by atoms with Gasteiger partial charge in [-0.1, -0.05) is 36.9 Å². The maximum absolute atomic E-state index is 5.14. The number of hydrogen-bond donors (Lipinski definition) is 1. The molecule has 3 heteroatoms. The van der Waals surface area contributed by atoms with Crippen LogP contribution in [0.1, 0.15) is 23.6 Å². The van der Waals surface area contributed by atoms with E-state index < -0.39 is 0 Å². The van der Waals surface area contributed by atoms with Gasteiger partial charge in [0.25, 0.3) is 0 Å². The van der Waals surface area contributed by atoms with Crippen LogP contribution in [-0.2, 0) is 4.74 Å². The van der Waals surface area contributed by atoms with Gasteiger partial charge in [0.15, 0.2) is 0 Å². The Morgan fingerprint density at radius 2 is 1.80 bits per heavy atom. The first kappa shape index (κ1) is 14.3. The van der Waals surface area contributed by atoms with Crippen molar-refractivity contribution in [2.24, 2.45) is 0 Å². The number of benzene rings is 1. The number of nitrogens with zero attached hydrogens (tertiary/aromatic N) is 1. The summed E-state index contributed by atoms with van der Waals surface area (Å²) >= 11 is 0. The number of aromatic nitrogens is 1. The molecule has 0 aliphatic heterocycles. The summed E-state index contributed by atoms with van der Waals surface area (Å²) in [6, 6.07) is 14.7. The Hall–Kier alpha value is -2.13. The van der Waals surface area contributed by atoms with Crippen LogP contribution in [0.3, 0.4) is 0 Å². The van der Waals surface area contributed by atoms with E-state index in [4.69, 9.17) is 4.74 Å². The van der Waals surface area contributed by atoms with Crippen molar-refractivity contribution in [1.29, 1.82) is 0 Å². The van der Waals surface area contributed by atoms with E-state index in [-0.39, 0.29) is 6.04 Å². The number of rotatable bonds is 8. The van der Waals surface area contributed by atoms with Crippen molar-refractivity contribution in [3.05, 3.63) is 78.8 Å². The highest BCUT2D eigenvalue weighted by atomic mass is 16.5. The molecule has 0 saturated heterocycles. The van der Waals surface area contributed by atoms with Gasteiger partial charge in [-0.25, -0.2) is 0 Å². The zero-order valence-electron chi connectivity index (χ0n) is 11.5. The molecule has 20 heavy (non-hydrogen) atoms. The Bertz CT molecular complexity index is 459. The van der Waals surface area contributed by atoms with Crippen molar-refractivity contribution in [2.45, 2.75) is 12.5 Å². The highest BCUT2D eigenvalue weighted by molar-refractivity contribution is 5.30. The van der Waals surface area contributed by atoms with Crippen LogP contribution in [0.25, 0.3) is 0 Å². The molecule has 0 aliphatic carbocycles. The SMILES string of the molecule is C=COCCCNC(c1ccccc1)c1ccncc1. The Morgan fingerprint density at radius 3 is 2.50 bits per heavy atom. The summed E-state index contributed by atoms with van der Waals surface area (Å²) in [6.45, 7) is 5.11. The van der Waals surface area contributed by atoms with Crippen LogP contribution in [0.4, 0.5) is 0 Å². The van der Waals surface area contributed by atoms with Gasteiger partial charge in [-0.05, 0) is 36.2 Å². The minimum atomic E-state index is 0.183. The minimum absolute atomic E-state index is 0.183. The van der Waals surface area contributed by atoms with Gasteiger partial charge in [0.1, 0.15) is 0 Å². The largest absolute Gasteiger partial charge is 0.502 e. The fourth-order valence-corrected chi connectivity index (χ4v) is 2.11. The number of ether oxygens (including phenoxy) is 1. The van der Waals surface area contributed by atoms with E-state index in [9.17, 15) is 0 Å². The van der Waals surface area contributed by atoms with E-state index in [1.165, 1.54) is 17.4 Å². The molecule has 2 aromatic rings. The summed E-state index contributed by atoms with van der Waals surface area (Å²) < 4.78 is 5.14. The van der Waals surface area contributed by atoms with Gasteiger partial charge >= 0.3 is 0 Å². The summed E-state index contributed by atoms with van der Waals surface area (Å²) in [5.41, 5.74) is 2.47. The van der Waals surface area contributed by atoms with Crippen LogP contribution < -0.4 is 5.32 Å². The van der Waals surface area contributed by atoms with Gasteiger partial charge in [0, 0.05) is 12.4 Å². The van der Waals surface area contributed by atoms with Crippen LogP contribution in [0.15, 0.2) is 67.7 Å². The van der Waals surface area contributed by atoms with Gasteiger partial charge in [-0.2, -0.15) is 0 Å². The molecule has 104 valence electrons. The maximum atomic E-state index is 5.14. The average molecular weight is 268 g/mol. The van der Waals surface area contributed by atoms with Crippen molar-refractivity contribution in [1.82, 2.24) is 10.3 Å². The van der Waals surface area contributed by atoms with E-state index in [0.717, 1.165) is 13.0 Å². The monoisotopic (exact) mass is 268 g/mol. The lowest BCUT2D eigenvalue weighted by molar-refractivity contribution is 0.243. The lowest BCUT2D eigenvalue weighted by Crippen LogP contribution is -2.24. The first-order valence-electron chi connectivity index (χ1n) is 6.82. The topological polar surface area (TPSA) is 34.1 Å². The maximum Gasteiger partial charge on any atom is 0.0885 e. The van der Waals surface area contributed by atoms with E-state index in [1.54, 1.807) is 0 Å². The minimum Gasteiger partial charge on any atom is -0.502 e. The molecule has 3 nitrogen and oxygen atoms in total. The molecule has 1 N–H and O–H groups in total. The van der Waals surface area contributed by atoms with E-state index in [1.807, 2.05) is 30.6 Å². The molecule has 0 fully saturated rings. The number of hydrogen-bond acceptors (Lipinski definition) is 3.